The average molecular weight is 404 g/mol. The predicted molar refractivity (Wildman–Crippen MR) is 109 cm³/mol. The van der Waals surface area contributed by atoms with Gasteiger partial charge in [-0.1, -0.05) is 6.07 Å². The third kappa shape index (κ3) is 3.43. The normalized spacial score (nSPS) is 15.8. The number of nitrogens with zero attached hydrogens (tertiary/aromatic N) is 3. The van der Waals surface area contributed by atoms with Crippen LogP contribution in [0.2, 0.25) is 0 Å². The number of pyridine rings is 1. The summed E-state index contributed by atoms with van der Waals surface area (Å²) in [5, 5.41) is 2.22. The standard InChI is InChI=1S/C22H20N4O4/c1-13-6-7-19(23-11-13)26-14(2)9-16(15(26)3)10-18-20(27)24-22(29)25(21(18)28)12-17-5-4-8-30-17/h4-11H,12H2,1-3H3,(H,24,27,29)/b18-10+. The van der Waals surface area contributed by atoms with Crippen molar-refractivity contribution in [1.82, 2.24) is 19.8 Å². The summed E-state index contributed by atoms with van der Waals surface area (Å²) in [5.41, 5.74) is 3.36. The van der Waals surface area contributed by atoms with Gasteiger partial charge in [0.05, 0.1) is 12.8 Å². The molecule has 4 amide bonds. The highest BCUT2D eigenvalue weighted by atomic mass is 16.3. The first-order valence-electron chi connectivity index (χ1n) is 9.38. The van der Waals surface area contributed by atoms with E-state index in [-0.39, 0.29) is 12.1 Å². The molecule has 0 aromatic carbocycles. The van der Waals surface area contributed by atoms with Crippen LogP contribution in [-0.2, 0) is 16.1 Å². The van der Waals surface area contributed by atoms with E-state index < -0.39 is 17.8 Å². The molecule has 30 heavy (non-hydrogen) atoms. The van der Waals surface area contributed by atoms with Crippen LogP contribution in [-0.4, -0.2) is 32.3 Å². The zero-order valence-corrected chi connectivity index (χ0v) is 16.8. The number of nitrogens with one attached hydrogen (secondary N) is 1. The number of urea groups is 1. The summed E-state index contributed by atoms with van der Waals surface area (Å²) < 4.78 is 7.17. The number of carbonyl (C=O) groups excluding carboxylic acids is 3. The highest BCUT2D eigenvalue weighted by Crippen LogP contribution is 2.24. The Balaban J connectivity index is 1.70. The molecule has 3 aromatic rings. The first-order valence-corrected chi connectivity index (χ1v) is 9.38. The minimum atomic E-state index is -0.770. The second kappa shape index (κ2) is 7.47. The Bertz CT molecular complexity index is 1170. The summed E-state index contributed by atoms with van der Waals surface area (Å²) in [4.78, 5) is 42.9. The lowest BCUT2D eigenvalue weighted by molar-refractivity contribution is -0.130. The Labute approximate surface area is 172 Å². The molecule has 0 spiro atoms. The minimum absolute atomic E-state index is 0.0609. The maximum absolute atomic E-state index is 12.9. The minimum Gasteiger partial charge on any atom is -0.467 e. The number of imide groups is 2. The number of aromatic nitrogens is 2. The zero-order valence-electron chi connectivity index (χ0n) is 16.8. The molecule has 1 saturated heterocycles. The van der Waals surface area contributed by atoms with Gasteiger partial charge in [0, 0.05) is 17.6 Å². The number of rotatable bonds is 4. The van der Waals surface area contributed by atoms with E-state index in [1.165, 1.54) is 12.3 Å². The second-order valence-corrected chi connectivity index (χ2v) is 7.14. The Morgan fingerprint density at radius 3 is 2.60 bits per heavy atom. The molecule has 0 unspecified atom stereocenters. The van der Waals surface area contributed by atoms with E-state index in [2.05, 4.69) is 10.3 Å². The van der Waals surface area contributed by atoms with Gasteiger partial charge in [0.25, 0.3) is 11.8 Å². The Hall–Kier alpha value is -3.94. The SMILES string of the molecule is Cc1ccc(-n2c(C)cc(/C=C3\C(=O)NC(=O)N(Cc4ccco4)C3=O)c2C)nc1. The van der Waals surface area contributed by atoms with Crippen LogP contribution < -0.4 is 5.32 Å². The number of hydrogen-bond acceptors (Lipinski definition) is 5. The van der Waals surface area contributed by atoms with Crippen molar-refractivity contribution in [3.63, 3.8) is 0 Å². The second-order valence-electron chi connectivity index (χ2n) is 7.14. The van der Waals surface area contributed by atoms with Gasteiger partial charge in [-0.2, -0.15) is 0 Å². The maximum atomic E-state index is 12.9. The molecule has 1 N–H and O–H groups in total. The lowest BCUT2D eigenvalue weighted by atomic mass is 10.1. The Kier molecular flexibility index (Phi) is 4.83. The summed E-state index contributed by atoms with van der Waals surface area (Å²) in [7, 11) is 0. The molecule has 0 bridgehead atoms. The van der Waals surface area contributed by atoms with Gasteiger partial charge < -0.3 is 8.98 Å². The average Bonchev–Trinajstić information content (AvgIpc) is 3.31. The summed E-state index contributed by atoms with van der Waals surface area (Å²) in [5.74, 6) is -0.206. The molecule has 3 aromatic heterocycles. The fourth-order valence-corrected chi connectivity index (χ4v) is 3.43. The van der Waals surface area contributed by atoms with Crippen molar-refractivity contribution in [2.75, 3.05) is 0 Å². The van der Waals surface area contributed by atoms with Crippen molar-refractivity contribution in [1.29, 1.82) is 0 Å². The molecule has 8 nitrogen and oxygen atoms in total. The first-order chi connectivity index (χ1) is 14.3. The van der Waals surface area contributed by atoms with Gasteiger partial charge in [0.1, 0.15) is 17.2 Å². The van der Waals surface area contributed by atoms with Crippen LogP contribution in [0.5, 0.6) is 0 Å². The van der Waals surface area contributed by atoms with E-state index in [0.29, 0.717) is 11.3 Å². The molecular formula is C22H20N4O4. The zero-order chi connectivity index (χ0) is 21.4. The molecule has 1 aliphatic heterocycles. The van der Waals surface area contributed by atoms with Gasteiger partial charge in [-0.25, -0.2) is 9.78 Å². The van der Waals surface area contributed by atoms with E-state index in [4.69, 9.17) is 4.42 Å². The topological polar surface area (TPSA) is 97.4 Å². The summed E-state index contributed by atoms with van der Waals surface area (Å²) in [6.07, 6.45) is 4.74. The molecule has 8 heteroatoms. The van der Waals surface area contributed by atoms with Gasteiger partial charge in [0.15, 0.2) is 0 Å². The summed E-state index contributed by atoms with van der Waals surface area (Å²) >= 11 is 0. The fraction of sp³-hybridized carbons (Fsp3) is 0.182. The quantitative estimate of drug-likeness (QED) is 0.532. The highest BCUT2D eigenvalue weighted by Gasteiger charge is 2.36. The van der Waals surface area contributed by atoms with Gasteiger partial charge in [-0.05, 0) is 62.2 Å². The number of carbonyl (C=O) groups is 3. The van der Waals surface area contributed by atoms with Crippen LogP contribution >= 0.6 is 0 Å². The van der Waals surface area contributed by atoms with Crippen molar-refractivity contribution in [3.05, 3.63) is 76.6 Å². The van der Waals surface area contributed by atoms with Crippen molar-refractivity contribution in [2.45, 2.75) is 27.3 Å². The lowest BCUT2D eigenvalue weighted by Crippen LogP contribution is -2.53. The van der Waals surface area contributed by atoms with E-state index in [1.807, 2.05) is 43.5 Å². The first kappa shape index (κ1) is 19.4. The molecule has 152 valence electrons. The smallest absolute Gasteiger partial charge is 0.331 e. The van der Waals surface area contributed by atoms with E-state index >= 15 is 0 Å². The molecule has 4 rings (SSSR count). The number of aryl methyl sites for hydroxylation is 2. The molecule has 0 aliphatic carbocycles. The lowest BCUT2D eigenvalue weighted by Gasteiger charge is -2.25. The molecule has 4 heterocycles. The van der Waals surface area contributed by atoms with Gasteiger partial charge in [-0.3, -0.25) is 19.8 Å². The van der Waals surface area contributed by atoms with Crippen molar-refractivity contribution in [2.24, 2.45) is 0 Å². The summed E-state index contributed by atoms with van der Waals surface area (Å²) in [6, 6.07) is 8.30. The van der Waals surface area contributed by atoms with Crippen molar-refractivity contribution in [3.8, 4) is 5.82 Å². The van der Waals surface area contributed by atoms with Gasteiger partial charge in [0.2, 0.25) is 0 Å². The Morgan fingerprint density at radius 1 is 1.13 bits per heavy atom. The molecule has 0 radical (unpaired) electrons. The molecule has 0 atom stereocenters. The van der Waals surface area contributed by atoms with E-state index in [0.717, 1.165) is 27.7 Å². The molecule has 0 saturated carbocycles. The van der Waals surface area contributed by atoms with E-state index in [9.17, 15) is 14.4 Å². The van der Waals surface area contributed by atoms with E-state index in [1.54, 1.807) is 18.3 Å². The van der Waals surface area contributed by atoms with Crippen LogP contribution in [0, 0.1) is 20.8 Å². The fourth-order valence-electron chi connectivity index (χ4n) is 3.43. The highest BCUT2D eigenvalue weighted by molar-refractivity contribution is 6.31. The largest absolute Gasteiger partial charge is 0.467 e. The predicted octanol–water partition coefficient (Wildman–Crippen LogP) is 3.05. The summed E-state index contributed by atoms with van der Waals surface area (Å²) in [6.45, 7) is 5.71. The van der Waals surface area contributed by atoms with Crippen LogP contribution in [0.15, 0.2) is 52.8 Å². The molecule has 1 fully saturated rings. The number of barbiturate groups is 1. The van der Waals surface area contributed by atoms with Gasteiger partial charge in [-0.15, -0.1) is 0 Å². The monoisotopic (exact) mass is 404 g/mol. The van der Waals surface area contributed by atoms with Crippen LogP contribution in [0.25, 0.3) is 11.9 Å². The number of furan rings is 1. The van der Waals surface area contributed by atoms with Crippen LogP contribution in [0.3, 0.4) is 0 Å². The molecule has 1 aliphatic rings. The van der Waals surface area contributed by atoms with Crippen LogP contribution in [0.4, 0.5) is 4.79 Å². The number of hydrogen-bond donors (Lipinski definition) is 1. The van der Waals surface area contributed by atoms with Crippen LogP contribution in [0.1, 0.15) is 28.3 Å². The maximum Gasteiger partial charge on any atom is 0.331 e. The number of amides is 4. The van der Waals surface area contributed by atoms with Gasteiger partial charge >= 0.3 is 6.03 Å². The Morgan fingerprint density at radius 2 is 1.93 bits per heavy atom. The third-order valence-electron chi connectivity index (χ3n) is 4.97. The van der Waals surface area contributed by atoms with Crippen molar-refractivity contribution < 1.29 is 18.8 Å². The molecular weight excluding hydrogens is 384 g/mol. The van der Waals surface area contributed by atoms with Crippen molar-refractivity contribution >= 4 is 23.9 Å². The third-order valence-corrected chi connectivity index (χ3v) is 4.97.